The van der Waals surface area contributed by atoms with Gasteiger partial charge in [-0.1, -0.05) is 42.5 Å². The molecule has 0 bridgehead atoms. The third-order valence-electron chi connectivity index (χ3n) is 3.95. The van der Waals surface area contributed by atoms with Crippen LogP contribution >= 0.6 is 0 Å². The van der Waals surface area contributed by atoms with Crippen molar-refractivity contribution in [3.05, 3.63) is 81.7 Å². The quantitative estimate of drug-likeness (QED) is 0.688. The number of para-hydroxylation sites is 1. The number of carbonyl (C=O) groups is 1. The first-order valence-electron chi connectivity index (χ1n) is 8.53. The molecule has 0 fully saturated rings. The van der Waals surface area contributed by atoms with Gasteiger partial charge in [0.2, 0.25) is 0 Å². The smallest absolute Gasteiger partial charge is 0.349 e. The predicted octanol–water partition coefficient (Wildman–Crippen LogP) is 3.65. The lowest BCUT2D eigenvalue weighted by atomic mass is 10.1. The van der Waals surface area contributed by atoms with Gasteiger partial charge in [-0.15, -0.1) is 0 Å². The van der Waals surface area contributed by atoms with E-state index in [1.54, 1.807) is 24.3 Å². The highest BCUT2D eigenvalue weighted by molar-refractivity contribution is 5.96. The van der Waals surface area contributed by atoms with Gasteiger partial charge in [0.25, 0.3) is 5.91 Å². The van der Waals surface area contributed by atoms with E-state index in [1.807, 2.05) is 44.2 Å². The molecule has 2 aromatic carbocycles. The number of ether oxygens (including phenoxy) is 1. The molecule has 0 aliphatic rings. The number of hydrogen-bond donors (Lipinski definition) is 1. The monoisotopic (exact) mass is 351 g/mol. The third kappa shape index (κ3) is 4.37. The second-order valence-corrected chi connectivity index (χ2v) is 6.34. The highest BCUT2D eigenvalue weighted by atomic mass is 16.5. The maximum absolute atomic E-state index is 12.3. The molecule has 0 aliphatic carbocycles. The van der Waals surface area contributed by atoms with E-state index in [0.29, 0.717) is 24.1 Å². The van der Waals surface area contributed by atoms with E-state index in [4.69, 9.17) is 9.15 Å². The fourth-order valence-electron chi connectivity index (χ4n) is 2.51. The standard InChI is InChI=1S/C21H21NO4/c1-14(2)25-13-16-9-7-15(8-10-16)12-22-20(23)18-11-17-5-3-4-6-19(17)26-21(18)24/h3-11,14H,12-13H2,1-2H3,(H,22,23). The van der Waals surface area contributed by atoms with Gasteiger partial charge in [0, 0.05) is 11.9 Å². The van der Waals surface area contributed by atoms with E-state index in [0.717, 1.165) is 11.1 Å². The highest BCUT2D eigenvalue weighted by Gasteiger charge is 2.13. The van der Waals surface area contributed by atoms with Crippen LogP contribution in [-0.2, 0) is 17.9 Å². The van der Waals surface area contributed by atoms with Crippen molar-refractivity contribution >= 4 is 16.9 Å². The van der Waals surface area contributed by atoms with Gasteiger partial charge in [-0.05, 0) is 37.1 Å². The number of rotatable bonds is 6. The molecule has 0 atom stereocenters. The summed E-state index contributed by atoms with van der Waals surface area (Å²) in [4.78, 5) is 24.4. The molecule has 0 saturated heterocycles. The Balaban J connectivity index is 1.65. The van der Waals surface area contributed by atoms with E-state index >= 15 is 0 Å². The van der Waals surface area contributed by atoms with Crippen LogP contribution in [0.2, 0.25) is 0 Å². The molecule has 1 heterocycles. The molecule has 1 amide bonds. The number of carbonyl (C=O) groups excluding carboxylic acids is 1. The van der Waals surface area contributed by atoms with Gasteiger partial charge in [0.15, 0.2) is 0 Å². The Morgan fingerprint density at radius 1 is 1.08 bits per heavy atom. The summed E-state index contributed by atoms with van der Waals surface area (Å²) >= 11 is 0. The first-order valence-corrected chi connectivity index (χ1v) is 8.53. The summed E-state index contributed by atoms with van der Waals surface area (Å²) in [6.07, 6.45) is 0.183. The molecule has 1 N–H and O–H groups in total. The average Bonchev–Trinajstić information content (AvgIpc) is 2.64. The molecule has 5 nitrogen and oxygen atoms in total. The van der Waals surface area contributed by atoms with Crippen LogP contribution in [0.5, 0.6) is 0 Å². The molecule has 0 saturated carbocycles. The summed E-state index contributed by atoms with van der Waals surface area (Å²) in [5.41, 5.74) is 1.85. The Morgan fingerprint density at radius 2 is 1.77 bits per heavy atom. The molecule has 3 rings (SSSR count). The molecule has 5 heteroatoms. The lowest BCUT2D eigenvalue weighted by Gasteiger charge is -2.09. The topological polar surface area (TPSA) is 68.5 Å². The molecule has 0 aliphatic heterocycles. The number of hydrogen-bond acceptors (Lipinski definition) is 4. The van der Waals surface area contributed by atoms with E-state index in [2.05, 4.69) is 5.32 Å². The van der Waals surface area contributed by atoms with Crippen LogP contribution in [0.15, 0.2) is 63.8 Å². The minimum absolute atomic E-state index is 0.00523. The van der Waals surface area contributed by atoms with E-state index in [-0.39, 0.29) is 11.7 Å². The number of benzene rings is 2. The zero-order valence-electron chi connectivity index (χ0n) is 14.8. The van der Waals surface area contributed by atoms with Crippen molar-refractivity contribution in [1.82, 2.24) is 5.32 Å². The molecule has 3 aromatic rings. The molecule has 0 unspecified atom stereocenters. The molecular formula is C21H21NO4. The zero-order valence-corrected chi connectivity index (χ0v) is 14.8. The first-order chi connectivity index (χ1) is 12.5. The Hall–Kier alpha value is -2.92. The molecule has 0 radical (unpaired) electrons. The maximum atomic E-state index is 12.3. The number of nitrogens with one attached hydrogen (secondary N) is 1. The number of amides is 1. The van der Waals surface area contributed by atoms with Gasteiger partial charge in [-0.3, -0.25) is 4.79 Å². The summed E-state index contributed by atoms with van der Waals surface area (Å²) in [6, 6.07) is 16.5. The van der Waals surface area contributed by atoms with Crippen molar-refractivity contribution in [3.8, 4) is 0 Å². The van der Waals surface area contributed by atoms with Crippen LogP contribution in [0.4, 0.5) is 0 Å². The molecule has 1 aromatic heterocycles. The summed E-state index contributed by atoms with van der Waals surface area (Å²) in [7, 11) is 0. The van der Waals surface area contributed by atoms with Gasteiger partial charge in [-0.25, -0.2) is 4.79 Å². The fourth-order valence-corrected chi connectivity index (χ4v) is 2.51. The molecular weight excluding hydrogens is 330 g/mol. The minimum Gasteiger partial charge on any atom is -0.422 e. The van der Waals surface area contributed by atoms with Gasteiger partial charge in [0.1, 0.15) is 11.1 Å². The summed E-state index contributed by atoms with van der Waals surface area (Å²) < 4.78 is 10.8. The van der Waals surface area contributed by atoms with Crippen LogP contribution in [-0.4, -0.2) is 12.0 Å². The minimum atomic E-state index is -0.637. The number of fused-ring (bicyclic) bond motifs is 1. The van der Waals surface area contributed by atoms with Crippen LogP contribution in [0.1, 0.15) is 35.3 Å². The molecule has 134 valence electrons. The predicted molar refractivity (Wildman–Crippen MR) is 100 cm³/mol. The highest BCUT2D eigenvalue weighted by Crippen LogP contribution is 2.13. The van der Waals surface area contributed by atoms with Crippen molar-refractivity contribution in [2.75, 3.05) is 0 Å². The summed E-state index contributed by atoms with van der Waals surface area (Å²) in [6.45, 7) is 4.87. The van der Waals surface area contributed by atoms with Gasteiger partial charge in [-0.2, -0.15) is 0 Å². The first kappa shape index (κ1) is 17.9. The van der Waals surface area contributed by atoms with Crippen LogP contribution in [0, 0.1) is 0 Å². The van der Waals surface area contributed by atoms with E-state index < -0.39 is 11.5 Å². The van der Waals surface area contributed by atoms with Gasteiger partial charge >= 0.3 is 5.63 Å². The average molecular weight is 351 g/mol. The zero-order chi connectivity index (χ0) is 18.5. The normalized spacial score (nSPS) is 11.0. The van der Waals surface area contributed by atoms with Crippen molar-refractivity contribution in [2.24, 2.45) is 0 Å². The Labute approximate surface area is 151 Å². The largest absolute Gasteiger partial charge is 0.422 e. The van der Waals surface area contributed by atoms with E-state index in [9.17, 15) is 9.59 Å². The fraction of sp³-hybridized carbons (Fsp3) is 0.238. The second-order valence-electron chi connectivity index (χ2n) is 6.34. The lowest BCUT2D eigenvalue weighted by Crippen LogP contribution is -2.27. The maximum Gasteiger partial charge on any atom is 0.349 e. The third-order valence-corrected chi connectivity index (χ3v) is 3.95. The Bertz CT molecular complexity index is 958. The van der Waals surface area contributed by atoms with Gasteiger partial charge < -0.3 is 14.5 Å². The Morgan fingerprint density at radius 3 is 2.50 bits per heavy atom. The second kappa shape index (κ2) is 7.97. The molecule has 26 heavy (non-hydrogen) atoms. The SMILES string of the molecule is CC(C)OCc1ccc(CNC(=O)c2cc3ccccc3oc2=O)cc1. The van der Waals surface area contributed by atoms with E-state index in [1.165, 1.54) is 0 Å². The van der Waals surface area contributed by atoms with Crippen LogP contribution < -0.4 is 10.9 Å². The van der Waals surface area contributed by atoms with Gasteiger partial charge in [0.05, 0.1) is 12.7 Å². The van der Waals surface area contributed by atoms with Crippen molar-refractivity contribution in [3.63, 3.8) is 0 Å². The van der Waals surface area contributed by atoms with Crippen molar-refractivity contribution in [2.45, 2.75) is 33.1 Å². The summed E-state index contributed by atoms with van der Waals surface area (Å²) in [5.74, 6) is -0.447. The van der Waals surface area contributed by atoms with Crippen LogP contribution in [0.25, 0.3) is 11.0 Å². The van der Waals surface area contributed by atoms with Crippen molar-refractivity contribution in [1.29, 1.82) is 0 Å². The molecule has 0 spiro atoms. The van der Waals surface area contributed by atoms with Crippen LogP contribution in [0.3, 0.4) is 0 Å². The van der Waals surface area contributed by atoms with Crippen molar-refractivity contribution < 1.29 is 13.9 Å². The summed E-state index contributed by atoms with van der Waals surface area (Å²) in [5, 5.41) is 3.47. The lowest BCUT2D eigenvalue weighted by molar-refractivity contribution is 0.0657. The Kier molecular flexibility index (Phi) is 5.49.